The van der Waals surface area contributed by atoms with Crippen molar-refractivity contribution in [3.8, 4) is 5.75 Å². The number of imide groups is 1. The molecule has 156 valence electrons. The Morgan fingerprint density at radius 3 is 2.26 bits per heavy atom. The molecule has 3 aromatic carbocycles. The lowest BCUT2D eigenvalue weighted by molar-refractivity contribution is -0.120. The third kappa shape index (κ3) is 4.56. The van der Waals surface area contributed by atoms with Gasteiger partial charge >= 0.3 is 0 Å². The Bertz CT molecular complexity index is 1180. The number of ether oxygens (including phenoxy) is 1. The number of nitrogens with one attached hydrogen (secondary N) is 1. The molecule has 0 aliphatic carbocycles. The quantitative estimate of drug-likeness (QED) is 0.448. The van der Waals surface area contributed by atoms with Crippen LogP contribution in [0.2, 0.25) is 10.0 Å². The fourth-order valence-corrected chi connectivity index (χ4v) is 4.53. The predicted octanol–water partition coefficient (Wildman–Crippen LogP) is 5.99. The highest BCUT2D eigenvalue weighted by Gasteiger charge is 2.40. The van der Waals surface area contributed by atoms with E-state index >= 15 is 0 Å². The van der Waals surface area contributed by atoms with Crippen LogP contribution in [-0.2, 0) is 9.59 Å². The number of halogens is 2. The lowest BCUT2D eigenvalue weighted by atomic mass is 10.2. The molecule has 3 aromatic rings. The van der Waals surface area contributed by atoms with Crippen LogP contribution < -0.4 is 15.0 Å². The zero-order chi connectivity index (χ0) is 22.0. The Hall–Kier alpha value is -2.93. The molecule has 0 bridgehead atoms. The molecule has 0 atom stereocenters. The van der Waals surface area contributed by atoms with Crippen LogP contribution in [0.4, 0.5) is 11.4 Å². The van der Waals surface area contributed by atoms with Crippen LogP contribution in [0.5, 0.6) is 5.75 Å². The first-order valence-electron chi connectivity index (χ1n) is 9.19. The number of methoxy groups -OCH3 is 1. The number of anilines is 2. The first-order valence-corrected chi connectivity index (χ1v) is 10.8. The van der Waals surface area contributed by atoms with Crippen molar-refractivity contribution >= 4 is 58.2 Å². The topological polar surface area (TPSA) is 58.6 Å². The third-order valence-corrected chi connectivity index (χ3v) is 5.98. The second-order valence-corrected chi connectivity index (χ2v) is 8.51. The molecule has 0 aromatic heterocycles. The van der Waals surface area contributed by atoms with Gasteiger partial charge < -0.3 is 10.1 Å². The fourth-order valence-electron chi connectivity index (χ4n) is 3.07. The van der Waals surface area contributed by atoms with Gasteiger partial charge in [-0.15, -0.1) is 0 Å². The van der Waals surface area contributed by atoms with Crippen molar-refractivity contribution in [2.45, 2.75) is 4.90 Å². The molecule has 1 heterocycles. The Morgan fingerprint density at radius 2 is 1.58 bits per heavy atom. The van der Waals surface area contributed by atoms with E-state index < -0.39 is 11.8 Å². The highest BCUT2D eigenvalue weighted by Crippen LogP contribution is 2.39. The van der Waals surface area contributed by atoms with Crippen LogP contribution in [0.1, 0.15) is 0 Å². The molecule has 8 heteroatoms. The maximum absolute atomic E-state index is 13.4. The van der Waals surface area contributed by atoms with Crippen molar-refractivity contribution in [3.05, 3.63) is 93.4 Å². The minimum Gasteiger partial charge on any atom is -0.497 e. The van der Waals surface area contributed by atoms with Gasteiger partial charge in [0, 0.05) is 26.7 Å². The first-order chi connectivity index (χ1) is 15.0. The largest absolute Gasteiger partial charge is 0.497 e. The van der Waals surface area contributed by atoms with E-state index in [1.165, 1.54) is 23.9 Å². The number of thioether (sulfide) groups is 1. The number of carbonyl (C=O) groups is 2. The predicted molar refractivity (Wildman–Crippen MR) is 125 cm³/mol. The molecule has 0 saturated heterocycles. The van der Waals surface area contributed by atoms with Crippen LogP contribution in [0.3, 0.4) is 0 Å². The number of benzene rings is 3. The lowest BCUT2D eigenvalue weighted by Crippen LogP contribution is -2.32. The Labute approximate surface area is 193 Å². The molecular weight excluding hydrogens is 455 g/mol. The van der Waals surface area contributed by atoms with Gasteiger partial charge in [-0.2, -0.15) is 0 Å². The smallest absolute Gasteiger partial charge is 0.283 e. The molecule has 1 N–H and O–H groups in total. The minimum absolute atomic E-state index is 0.170. The summed E-state index contributed by atoms with van der Waals surface area (Å²) in [7, 11) is 1.56. The molecule has 0 fully saturated rings. The summed E-state index contributed by atoms with van der Waals surface area (Å²) < 4.78 is 5.25. The highest BCUT2D eigenvalue weighted by molar-refractivity contribution is 8.04. The summed E-state index contributed by atoms with van der Waals surface area (Å²) in [6.45, 7) is 0. The molecule has 4 rings (SSSR count). The van der Waals surface area contributed by atoms with E-state index in [0.717, 1.165) is 9.80 Å². The summed E-state index contributed by atoms with van der Waals surface area (Å²) in [5.74, 6) is -0.328. The number of hydrogen-bond acceptors (Lipinski definition) is 5. The van der Waals surface area contributed by atoms with Gasteiger partial charge in [-0.05, 0) is 42.5 Å². The van der Waals surface area contributed by atoms with E-state index in [-0.39, 0.29) is 10.6 Å². The lowest BCUT2D eigenvalue weighted by Gasteiger charge is -2.16. The maximum atomic E-state index is 13.4. The van der Waals surface area contributed by atoms with Crippen molar-refractivity contribution in [2.24, 2.45) is 0 Å². The second-order valence-electron chi connectivity index (χ2n) is 6.55. The number of hydrogen-bond donors (Lipinski definition) is 1. The van der Waals surface area contributed by atoms with Gasteiger partial charge in [0.25, 0.3) is 11.8 Å². The molecule has 0 unspecified atom stereocenters. The van der Waals surface area contributed by atoms with Crippen molar-refractivity contribution in [3.63, 3.8) is 0 Å². The summed E-state index contributed by atoms with van der Waals surface area (Å²) in [6, 6.07) is 21.1. The standard InChI is InChI=1S/C23H16Cl2N2O3S/c1-30-18-7-5-6-16(13-18)26-20-21(31-19-8-3-2-4-9-19)23(29)27(22(20)28)17-11-14(24)10-15(25)12-17/h2-13,26H,1H3. The maximum Gasteiger partial charge on any atom is 0.283 e. The van der Waals surface area contributed by atoms with Gasteiger partial charge in [0.2, 0.25) is 0 Å². The second kappa shape index (κ2) is 9.06. The molecule has 31 heavy (non-hydrogen) atoms. The summed E-state index contributed by atoms with van der Waals surface area (Å²) >= 11 is 13.4. The number of nitrogens with zero attached hydrogens (tertiary/aromatic N) is 1. The zero-order valence-corrected chi connectivity index (χ0v) is 18.6. The average molecular weight is 471 g/mol. The van der Waals surface area contributed by atoms with Gasteiger partial charge in [0.05, 0.1) is 12.8 Å². The van der Waals surface area contributed by atoms with Gasteiger partial charge in [-0.3, -0.25) is 9.59 Å². The molecule has 1 aliphatic rings. The van der Waals surface area contributed by atoms with Crippen molar-refractivity contribution < 1.29 is 14.3 Å². The van der Waals surface area contributed by atoms with E-state index in [2.05, 4.69) is 5.32 Å². The Kier molecular flexibility index (Phi) is 6.23. The molecule has 0 saturated carbocycles. The van der Waals surface area contributed by atoms with E-state index in [0.29, 0.717) is 27.2 Å². The number of amides is 2. The van der Waals surface area contributed by atoms with E-state index in [1.54, 1.807) is 37.4 Å². The van der Waals surface area contributed by atoms with Crippen LogP contribution in [0.25, 0.3) is 0 Å². The summed E-state index contributed by atoms with van der Waals surface area (Å²) in [5.41, 5.74) is 1.09. The van der Waals surface area contributed by atoms with Crippen LogP contribution in [-0.4, -0.2) is 18.9 Å². The summed E-state index contributed by atoms with van der Waals surface area (Å²) in [5, 5.41) is 3.75. The first kappa shape index (κ1) is 21.3. The zero-order valence-electron chi connectivity index (χ0n) is 16.3. The molecule has 2 amide bonds. The van der Waals surface area contributed by atoms with Crippen molar-refractivity contribution in [1.29, 1.82) is 0 Å². The molecule has 5 nitrogen and oxygen atoms in total. The van der Waals surface area contributed by atoms with Gasteiger partial charge in [0.15, 0.2) is 0 Å². The molecule has 1 aliphatic heterocycles. The summed E-state index contributed by atoms with van der Waals surface area (Å²) in [4.78, 5) is 28.9. The van der Waals surface area contributed by atoms with Gasteiger partial charge in [-0.25, -0.2) is 4.90 Å². The van der Waals surface area contributed by atoms with Crippen molar-refractivity contribution in [1.82, 2.24) is 0 Å². The molecular formula is C23H16Cl2N2O3S. The van der Waals surface area contributed by atoms with Gasteiger partial charge in [0.1, 0.15) is 16.4 Å². The average Bonchev–Trinajstić information content (AvgIpc) is 2.98. The Morgan fingerprint density at radius 1 is 0.871 bits per heavy atom. The van der Waals surface area contributed by atoms with Gasteiger partial charge in [-0.1, -0.05) is 59.2 Å². The van der Waals surface area contributed by atoms with Crippen LogP contribution >= 0.6 is 35.0 Å². The number of carbonyl (C=O) groups excluding carboxylic acids is 2. The van der Waals surface area contributed by atoms with E-state index in [9.17, 15) is 9.59 Å². The van der Waals surface area contributed by atoms with E-state index in [4.69, 9.17) is 27.9 Å². The fraction of sp³-hybridized carbons (Fsp3) is 0.0435. The normalized spacial score (nSPS) is 13.7. The number of rotatable bonds is 6. The highest BCUT2D eigenvalue weighted by atomic mass is 35.5. The van der Waals surface area contributed by atoms with Crippen molar-refractivity contribution in [2.75, 3.05) is 17.3 Å². The summed E-state index contributed by atoms with van der Waals surface area (Å²) in [6.07, 6.45) is 0. The monoisotopic (exact) mass is 470 g/mol. The van der Waals surface area contributed by atoms with Crippen LogP contribution in [0, 0.1) is 0 Å². The Balaban J connectivity index is 1.76. The van der Waals surface area contributed by atoms with E-state index in [1.807, 2.05) is 30.3 Å². The van der Waals surface area contributed by atoms with Crippen LogP contribution in [0.15, 0.2) is 88.3 Å². The molecule has 0 radical (unpaired) electrons. The molecule has 0 spiro atoms. The third-order valence-electron chi connectivity index (χ3n) is 4.45. The minimum atomic E-state index is -0.496. The SMILES string of the molecule is COc1cccc(NC2=C(Sc3ccccc3)C(=O)N(c3cc(Cl)cc(Cl)c3)C2=O)c1.